The summed E-state index contributed by atoms with van der Waals surface area (Å²) in [6.45, 7) is 5.00. The highest BCUT2D eigenvalue weighted by Gasteiger charge is 2.64. The van der Waals surface area contributed by atoms with Gasteiger partial charge in [0.1, 0.15) is 0 Å². The first-order valence-corrected chi connectivity index (χ1v) is 11.5. The summed E-state index contributed by atoms with van der Waals surface area (Å²) < 4.78 is 0. The highest BCUT2D eigenvalue weighted by Crippen LogP contribution is 2.50. The standard InChI is InChI=1S/C24H23Cl2N3O3/c1-13-9-14(2)20-24(11-15-5-3-4-6-18(15)28(20)12-13)21(30)27-23(32)29(22(24)31)19-10-16(25)7-8-17(19)26/h3-8,10,13-14,20H,9,11-12H2,1-2H3,(H,27,30,32)/t13-,14+,20+,24-/m1/s1. The summed E-state index contributed by atoms with van der Waals surface area (Å²) in [5, 5.41) is 3.01. The van der Waals surface area contributed by atoms with Gasteiger partial charge in [-0.1, -0.05) is 55.2 Å². The van der Waals surface area contributed by atoms with Crippen LogP contribution in [0.4, 0.5) is 16.2 Å². The molecule has 3 aliphatic heterocycles. The predicted molar refractivity (Wildman–Crippen MR) is 124 cm³/mol. The van der Waals surface area contributed by atoms with Crippen molar-refractivity contribution in [2.24, 2.45) is 17.3 Å². The van der Waals surface area contributed by atoms with Crippen molar-refractivity contribution in [2.45, 2.75) is 32.7 Å². The largest absolute Gasteiger partial charge is 0.366 e. The molecule has 1 N–H and O–H groups in total. The zero-order valence-electron chi connectivity index (χ0n) is 17.8. The highest BCUT2D eigenvalue weighted by atomic mass is 35.5. The van der Waals surface area contributed by atoms with Crippen LogP contribution in [0.25, 0.3) is 0 Å². The van der Waals surface area contributed by atoms with E-state index in [1.807, 2.05) is 24.3 Å². The number of benzene rings is 2. The monoisotopic (exact) mass is 471 g/mol. The topological polar surface area (TPSA) is 69.7 Å². The van der Waals surface area contributed by atoms with Crippen LogP contribution >= 0.6 is 23.2 Å². The highest BCUT2D eigenvalue weighted by molar-refractivity contribution is 6.39. The number of nitrogens with one attached hydrogen (secondary N) is 1. The molecule has 2 aromatic carbocycles. The van der Waals surface area contributed by atoms with Crippen LogP contribution in [0.2, 0.25) is 10.0 Å². The van der Waals surface area contributed by atoms with E-state index < -0.39 is 23.3 Å². The number of nitrogens with zero attached hydrogens (tertiary/aromatic N) is 2. The van der Waals surface area contributed by atoms with Gasteiger partial charge in [0.2, 0.25) is 5.91 Å². The lowest BCUT2D eigenvalue weighted by atomic mass is 9.62. The predicted octanol–water partition coefficient (Wildman–Crippen LogP) is 4.67. The Morgan fingerprint density at radius 3 is 2.56 bits per heavy atom. The number of amides is 4. The van der Waals surface area contributed by atoms with Gasteiger partial charge in [-0.25, -0.2) is 9.69 Å². The third kappa shape index (κ3) is 2.96. The third-order valence-electron chi connectivity index (χ3n) is 7.00. The maximum Gasteiger partial charge on any atom is 0.335 e. The number of carbonyl (C=O) groups is 3. The summed E-state index contributed by atoms with van der Waals surface area (Å²) >= 11 is 12.5. The number of rotatable bonds is 1. The van der Waals surface area contributed by atoms with Gasteiger partial charge in [-0.15, -0.1) is 0 Å². The van der Waals surface area contributed by atoms with Crippen molar-refractivity contribution in [1.29, 1.82) is 0 Å². The molecule has 3 aliphatic rings. The number of carbonyl (C=O) groups excluding carboxylic acids is 3. The summed E-state index contributed by atoms with van der Waals surface area (Å²) in [6, 6.07) is 11.3. The third-order valence-corrected chi connectivity index (χ3v) is 7.55. The Kier molecular flexibility index (Phi) is 4.98. The second-order valence-electron chi connectivity index (χ2n) is 9.19. The van der Waals surface area contributed by atoms with Crippen LogP contribution in [0.5, 0.6) is 0 Å². The van der Waals surface area contributed by atoms with E-state index in [1.165, 1.54) is 12.1 Å². The summed E-state index contributed by atoms with van der Waals surface area (Å²) in [5.74, 6) is -0.632. The van der Waals surface area contributed by atoms with Crippen molar-refractivity contribution in [3.63, 3.8) is 0 Å². The van der Waals surface area contributed by atoms with Crippen molar-refractivity contribution < 1.29 is 14.4 Å². The number of hydrogen-bond acceptors (Lipinski definition) is 4. The lowest BCUT2D eigenvalue weighted by molar-refractivity contribution is -0.146. The first-order chi connectivity index (χ1) is 15.2. The molecule has 166 valence electrons. The molecule has 6 nitrogen and oxygen atoms in total. The smallest absolute Gasteiger partial charge is 0.335 e. The van der Waals surface area contributed by atoms with Crippen LogP contribution < -0.4 is 15.1 Å². The van der Waals surface area contributed by atoms with E-state index in [9.17, 15) is 14.4 Å². The van der Waals surface area contributed by atoms with Crippen molar-refractivity contribution in [2.75, 3.05) is 16.3 Å². The van der Waals surface area contributed by atoms with E-state index in [2.05, 4.69) is 24.1 Å². The van der Waals surface area contributed by atoms with Crippen molar-refractivity contribution >= 4 is 52.4 Å². The van der Waals surface area contributed by atoms with Gasteiger partial charge < -0.3 is 4.90 Å². The lowest BCUT2D eigenvalue weighted by Gasteiger charge is -2.56. The number of barbiturate groups is 1. The minimum Gasteiger partial charge on any atom is -0.366 e. The maximum absolute atomic E-state index is 14.2. The summed E-state index contributed by atoms with van der Waals surface area (Å²) in [5.41, 5.74) is 0.690. The van der Waals surface area contributed by atoms with E-state index in [0.29, 0.717) is 10.9 Å². The molecule has 4 amide bonds. The van der Waals surface area contributed by atoms with Crippen LogP contribution in [0, 0.1) is 17.3 Å². The van der Waals surface area contributed by atoms with Crippen LogP contribution in [0.15, 0.2) is 42.5 Å². The van der Waals surface area contributed by atoms with Crippen LogP contribution in [-0.4, -0.2) is 30.4 Å². The summed E-state index contributed by atoms with van der Waals surface area (Å²) in [4.78, 5) is 43.8. The van der Waals surface area contributed by atoms with E-state index in [0.717, 1.165) is 29.1 Å². The molecular formula is C24H23Cl2N3O3. The number of imide groups is 2. The molecule has 32 heavy (non-hydrogen) atoms. The number of fused-ring (bicyclic) bond motifs is 4. The Bertz CT molecular complexity index is 1150. The molecule has 3 heterocycles. The molecule has 2 saturated heterocycles. The number of halogens is 2. The van der Waals surface area contributed by atoms with Gasteiger partial charge in [-0.2, -0.15) is 0 Å². The Morgan fingerprint density at radius 1 is 1.03 bits per heavy atom. The number of anilines is 2. The molecule has 2 fully saturated rings. The van der Waals surface area contributed by atoms with E-state index in [4.69, 9.17) is 23.2 Å². The van der Waals surface area contributed by atoms with Crippen LogP contribution in [0.1, 0.15) is 25.8 Å². The Hall–Kier alpha value is -2.57. The molecule has 1 spiro atoms. The molecular weight excluding hydrogens is 449 g/mol. The van der Waals surface area contributed by atoms with Gasteiger partial charge in [0.25, 0.3) is 5.91 Å². The fourth-order valence-corrected chi connectivity index (χ4v) is 6.25. The van der Waals surface area contributed by atoms with Crippen LogP contribution in [-0.2, 0) is 16.0 Å². The Labute approximate surface area is 196 Å². The first-order valence-electron chi connectivity index (χ1n) is 10.7. The van der Waals surface area contributed by atoms with Gasteiger partial charge >= 0.3 is 6.03 Å². The van der Waals surface area contributed by atoms with Crippen molar-refractivity contribution in [3.8, 4) is 0 Å². The SMILES string of the molecule is C[C@@H]1C[C@H](C)[C@@H]2N(C1)c1ccccc1C[C@]21C(=O)NC(=O)N(c2cc(Cl)ccc2Cl)C1=O. The zero-order valence-corrected chi connectivity index (χ0v) is 19.3. The summed E-state index contributed by atoms with van der Waals surface area (Å²) in [7, 11) is 0. The fourth-order valence-electron chi connectivity index (χ4n) is 5.89. The molecule has 5 rings (SSSR count). The van der Waals surface area contributed by atoms with E-state index in [-0.39, 0.29) is 29.1 Å². The van der Waals surface area contributed by atoms with Crippen molar-refractivity contribution in [3.05, 3.63) is 58.1 Å². The lowest BCUT2D eigenvalue weighted by Crippen LogP contribution is -2.74. The zero-order chi connectivity index (χ0) is 22.8. The number of hydrogen-bond donors (Lipinski definition) is 1. The van der Waals surface area contributed by atoms with Crippen LogP contribution in [0.3, 0.4) is 0 Å². The van der Waals surface area contributed by atoms with Crippen molar-refractivity contribution in [1.82, 2.24) is 5.32 Å². The van der Waals surface area contributed by atoms with E-state index >= 15 is 0 Å². The second-order valence-corrected chi connectivity index (χ2v) is 10.0. The second kappa shape index (κ2) is 7.49. The molecule has 0 aromatic heterocycles. The normalized spacial score (nSPS) is 29.6. The molecule has 0 bridgehead atoms. The quantitative estimate of drug-likeness (QED) is 0.613. The van der Waals surface area contributed by atoms with Gasteiger partial charge in [0, 0.05) is 17.3 Å². The number of piperidine rings is 1. The van der Waals surface area contributed by atoms with Gasteiger partial charge in [-0.3, -0.25) is 14.9 Å². The average molecular weight is 472 g/mol. The summed E-state index contributed by atoms with van der Waals surface area (Å²) in [6.07, 6.45) is 1.10. The number of urea groups is 1. The van der Waals surface area contributed by atoms with Gasteiger partial charge in [0.15, 0.2) is 5.41 Å². The molecule has 2 aromatic rings. The minimum atomic E-state index is -1.45. The fraction of sp³-hybridized carbons (Fsp3) is 0.375. The molecule has 0 aliphatic carbocycles. The number of para-hydroxylation sites is 1. The Balaban J connectivity index is 1.71. The molecule has 0 unspecified atom stereocenters. The Morgan fingerprint density at radius 2 is 1.78 bits per heavy atom. The average Bonchev–Trinajstić information content (AvgIpc) is 2.74. The van der Waals surface area contributed by atoms with Gasteiger partial charge in [0.05, 0.1) is 16.8 Å². The molecule has 4 atom stereocenters. The molecule has 8 heteroatoms. The molecule has 0 radical (unpaired) electrons. The first kappa shape index (κ1) is 21.3. The maximum atomic E-state index is 14.2. The van der Waals surface area contributed by atoms with Gasteiger partial charge in [-0.05, 0) is 54.5 Å². The van der Waals surface area contributed by atoms with E-state index in [1.54, 1.807) is 6.07 Å². The molecule has 0 saturated carbocycles. The minimum absolute atomic E-state index is 0.0618.